The fourth-order valence-electron chi connectivity index (χ4n) is 2.46. The molecule has 0 spiro atoms. The molecule has 0 fully saturated rings. The van der Waals surface area contributed by atoms with E-state index in [1.807, 2.05) is 6.07 Å². The van der Waals surface area contributed by atoms with Crippen LogP contribution in [0, 0.1) is 11.3 Å². The number of halogens is 3. The number of nitrogens with zero attached hydrogens (tertiary/aromatic N) is 2. The van der Waals surface area contributed by atoms with Crippen LogP contribution in [0.5, 0.6) is 5.75 Å². The molecule has 1 aromatic heterocycles. The van der Waals surface area contributed by atoms with E-state index in [2.05, 4.69) is 9.72 Å². The van der Waals surface area contributed by atoms with Crippen molar-refractivity contribution in [3.8, 4) is 11.8 Å². The van der Waals surface area contributed by atoms with Gasteiger partial charge in [-0.3, -0.25) is 0 Å². The summed E-state index contributed by atoms with van der Waals surface area (Å²) < 4.78 is 41.4. The molecule has 11 heteroatoms. The van der Waals surface area contributed by atoms with Crippen LogP contribution in [0.15, 0.2) is 28.1 Å². The lowest BCUT2D eigenvalue weighted by molar-refractivity contribution is -0.189. The Balaban J connectivity index is 2.04. The fraction of sp³-hybridized carbons (Fsp3) is 0.133. The molecule has 1 unspecified atom stereocenters. The molecule has 1 aromatic carbocycles. The number of benzene rings is 1. The van der Waals surface area contributed by atoms with Crippen LogP contribution in [0.2, 0.25) is 0 Å². The van der Waals surface area contributed by atoms with Gasteiger partial charge in [0.2, 0.25) is 0 Å². The van der Waals surface area contributed by atoms with Crippen LogP contribution < -0.4 is 21.9 Å². The number of carbonyl (C=O) groups excluding carboxylic acids is 1. The second kappa shape index (κ2) is 6.08. The van der Waals surface area contributed by atoms with E-state index in [0.29, 0.717) is 21.0 Å². The number of carbonyl (C=O) groups is 1. The van der Waals surface area contributed by atoms with E-state index in [4.69, 9.17) is 22.5 Å². The molecule has 134 valence electrons. The lowest BCUT2D eigenvalue weighted by atomic mass is 9.97. The maximum Gasteiger partial charge on any atom is 0.491 e. The average Bonchev–Trinajstić information content (AvgIpc) is 2.54. The Bertz CT molecular complexity index is 971. The van der Waals surface area contributed by atoms with Gasteiger partial charge in [-0.15, -0.1) is 0 Å². The molecule has 0 saturated heterocycles. The minimum atomic E-state index is -5.12. The van der Waals surface area contributed by atoms with Crippen molar-refractivity contribution < 1.29 is 22.7 Å². The molecule has 2 heterocycles. The zero-order valence-electron chi connectivity index (χ0n) is 12.8. The number of nitrogens with two attached hydrogens (primary N) is 3. The molecule has 3 rings (SSSR count). The van der Waals surface area contributed by atoms with E-state index in [1.165, 1.54) is 18.2 Å². The van der Waals surface area contributed by atoms with Gasteiger partial charge < -0.3 is 21.9 Å². The summed E-state index contributed by atoms with van der Waals surface area (Å²) in [6, 6.07) is 4.85. The second-order valence-corrected chi connectivity index (χ2v) is 6.31. The summed E-state index contributed by atoms with van der Waals surface area (Å²) in [6.45, 7) is 0. The highest BCUT2D eigenvalue weighted by atomic mass is 32.2. The van der Waals surface area contributed by atoms with E-state index >= 15 is 0 Å². The van der Waals surface area contributed by atoms with Crippen molar-refractivity contribution in [2.75, 3.05) is 11.5 Å². The number of ether oxygens (including phenoxy) is 1. The SMILES string of the molecule is N#Cc1c(N)nc2c(c1N)C(N)c1cc(OC(=O)C(F)(F)F)ccc1S2. The average molecular weight is 381 g/mol. The first-order valence-electron chi connectivity index (χ1n) is 6.98. The maximum atomic E-state index is 12.4. The number of fused-ring (bicyclic) bond motifs is 2. The molecule has 1 atom stereocenters. The van der Waals surface area contributed by atoms with E-state index in [1.54, 1.807) is 0 Å². The molecule has 6 N–H and O–H groups in total. The van der Waals surface area contributed by atoms with Gasteiger partial charge in [0, 0.05) is 10.5 Å². The number of anilines is 2. The maximum absolute atomic E-state index is 12.4. The summed E-state index contributed by atoms with van der Waals surface area (Å²) >= 11 is 1.14. The van der Waals surface area contributed by atoms with Gasteiger partial charge in [-0.1, -0.05) is 11.8 Å². The molecule has 1 aliphatic rings. The van der Waals surface area contributed by atoms with Crippen LogP contribution >= 0.6 is 11.8 Å². The van der Waals surface area contributed by atoms with Crippen molar-refractivity contribution in [1.82, 2.24) is 4.98 Å². The van der Waals surface area contributed by atoms with Gasteiger partial charge in [0.15, 0.2) is 0 Å². The summed E-state index contributed by atoms with van der Waals surface area (Å²) in [5.74, 6) is -2.69. The third kappa shape index (κ3) is 2.89. The molecular formula is C15H10F3N5O2S. The minimum Gasteiger partial charge on any atom is -0.420 e. The number of nitrogen functional groups attached to an aromatic ring is 2. The van der Waals surface area contributed by atoms with Crippen molar-refractivity contribution in [2.24, 2.45) is 5.73 Å². The highest BCUT2D eigenvalue weighted by Crippen LogP contribution is 2.47. The number of rotatable bonds is 1. The predicted molar refractivity (Wildman–Crippen MR) is 86.1 cm³/mol. The van der Waals surface area contributed by atoms with Crippen molar-refractivity contribution in [3.63, 3.8) is 0 Å². The van der Waals surface area contributed by atoms with Crippen LogP contribution in [0.1, 0.15) is 22.7 Å². The van der Waals surface area contributed by atoms with Crippen molar-refractivity contribution in [1.29, 1.82) is 5.26 Å². The Morgan fingerprint density at radius 2 is 2.04 bits per heavy atom. The standard InChI is InChI=1S/C15H10F3N5O2S/c16-15(17,18)14(24)25-5-1-2-8-6(3-5)10(20)9-11(21)7(4-19)12(22)23-13(9)26-8/h1-3,10H,20H2,(H4,21,22,23). The van der Waals surface area contributed by atoms with Crippen LogP contribution in [0.4, 0.5) is 24.7 Å². The third-order valence-electron chi connectivity index (χ3n) is 3.66. The van der Waals surface area contributed by atoms with Crippen molar-refractivity contribution in [3.05, 3.63) is 34.9 Å². The first kappa shape index (κ1) is 17.8. The van der Waals surface area contributed by atoms with E-state index in [-0.39, 0.29) is 22.8 Å². The number of hydrogen-bond donors (Lipinski definition) is 3. The zero-order chi connectivity index (χ0) is 19.2. The highest BCUT2D eigenvalue weighted by Gasteiger charge is 2.41. The molecule has 0 bridgehead atoms. The highest BCUT2D eigenvalue weighted by molar-refractivity contribution is 7.99. The number of hydrogen-bond acceptors (Lipinski definition) is 8. The van der Waals surface area contributed by atoms with Gasteiger partial charge in [-0.2, -0.15) is 18.4 Å². The Labute approximate surface area is 148 Å². The molecule has 0 amide bonds. The van der Waals surface area contributed by atoms with E-state index in [9.17, 15) is 18.0 Å². The number of esters is 1. The summed E-state index contributed by atoms with van der Waals surface area (Å²) in [4.78, 5) is 15.7. The fourth-order valence-corrected chi connectivity index (χ4v) is 3.60. The monoisotopic (exact) mass is 381 g/mol. The summed E-state index contributed by atoms with van der Waals surface area (Å²) in [6.07, 6.45) is -5.12. The van der Waals surface area contributed by atoms with Gasteiger partial charge in [0.1, 0.15) is 28.2 Å². The Kier molecular flexibility index (Phi) is 4.17. The van der Waals surface area contributed by atoms with Crippen LogP contribution in [0.3, 0.4) is 0 Å². The molecule has 0 radical (unpaired) electrons. The molecule has 0 aliphatic carbocycles. The Morgan fingerprint density at radius 3 is 2.65 bits per heavy atom. The summed E-state index contributed by atoms with van der Waals surface area (Å²) in [5.41, 5.74) is 18.6. The smallest absolute Gasteiger partial charge is 0.420 e. The first-order valence-corrected chi connectivity index (χ1v) is 7.80. The number of aromatic nitrogens is 1. The third-order valence-corrected chi connectivity index (χ3v) is 4.75. The number of pyridine rings is 1. The Morgan fingerprint density at radius 1 is 1.35 bits per heavy atom. The summed E-state index contributed by atoms with van der Waals surface area (Å²) in [7, 11) is 0. The molecular weight excluding hydrogens is 371 g/mol. The van der Waals surface area contributed by atoms with E-state index in [0.717, 1.165) is 11.8 Å². The summed E-state index contributed by atoms with van der Waals surface area (Å²) in [5, 5.41) is 9.54. The minimum absolute atomic E-state index is 0.0251. The van der Waals surface area contributed by atoms with Gasteiger partial charge in [-0.25, -0.2) is 9.78 Å². The molecule has 1 aliphatic heterocycles. The van der Waals surface area contributed by atoms with Crippen molar-refractivity contribution in [2.45, 2.75) is 22.1 Å². The van der Waals surface area contributed by atoms with Gasteiger partial charge in [-0.05, 0) is 23.8 Å². The van der Waals surface area contributed by atoms with Crippen LogP contribution in [-0.4, -0.2) is 17.1 Å². The lowest BCUT2D eigenvalue weighted by Crippen LogP contribution is -2.28. The van der Waals surface area contributed by atoms with Crippen LogP contribution in [-0.2, 0) is 4.79 Å². The molecule has 2 aromatic rings. The molecule has 0 saturated carbocycles. The quantitative estimate of drug-likeness (QED) is 0.504. The molecule has 7 nitrogen and oxygen atoms in total. The molecule has 26 heavy (non-hydrogen) atoms. The number of nitriles is 1. The zero-order valence-corrected chi connectivity index (χ0v) is 13.6. The topological polar surface area (TPSA) is 141 Å². The lowest BCUT2D eigenvalue weighted by Gasteiger charge is -2.26. The predicted octanol–water partition coefficient (Wildman–Crippen LogP) is 2.10. The van der Waals surface area contributed by atoms with Gasteiger partial charge in [0.05, 0.1) is 11.7 Å². The van der Waals surface area contributed by atoms with Crippen LogP contribution in [0.25, 0.3) is 0 Å². The first-order chi connectivity index (χ1) is 12.1. The van der Waals surface area contributed by atoms with Crippen molar-refractivity contribution >= 4 is 29.2 Å². The number of alkyl halides is 3. The van der Waals surface area contributed by atoms with Gasteiger partial charge >= 0.3 is 12.1 Å². The van der Waals surface area contributed by atoms with Gasteiger partial charge in [0.25, 0.3) is 0 Å². The second-order valence-electron chi connectivity index (χ2n) is 5.28. The van der Waals surface area contributed by atoms with E-state index < -0.39 is 18.2 Å². The normalized spacial score (nSPS) is 15.6. The Hall–Kier alpha value is -2.97. The largest absolute Gasteiger partial charge is 0.491 e.